The number of phenolic OH excluding ortho intramolecular Hbond substituents is 2. The van der Waals surface area contributed by atoms with E-state index in [-0.39, 0.29) is 29.4 Å². The van der Waals surface area contributed by atoms with Gasteiger partial charge in [0.2, 0.25) is 0 Å². The van der Waals surface area contributed by atoms with Gasteiger partial charge in [0.15, 0.2) is 11.5 Å². The normalized spacial score (nSPS) is 10.2. The maximum Gasteiger partial charge on any atom is 0.274 e. The standard InChI is InChI=1S/C13H11FN2O4/c14-9-4-10(6-11(5-9)16(19)20)15-7-8-2-1-3-12(17)13(8)18/h1-6,15,17-18H,7H2. The molecule has 0 aromatic heterocycles. The number of nitrogens with one attached hydrogen (secondary N) is 1. The van der Waals surface area contributed by atoms with Crippen molar-refractivity contribution in [1.29, 1.82) is 0 Å². The smallest absolute Gasteiger partial charge is 0.274 e. The molecule has 0 atom stereocenters. The van der Waals surface area contributed by atoms with Gasteiger partial charge in [-0.25, -0.2) is 4.39 Å². The maximum absolute atomic E-state index is 13.2. The zero-order valence-electron chi connectivity index (χ0n) is 10.2. The van der Waals surface area contributed by atoms with Crippen molar-refractivity contribution in [2.45, 2.75) is 6.54 Å². The molecule has 0 saturated heterocycles. The van der Waals surface area contributed by atoms with Gasteiger partial charge < -0.3 is 15.5 Å². The molecule has 2 aromatic rings. The molecule has 2 aromatic carbocycles. The lowest BCUT2D eigenvalue weighted by Crippen LogP contribution is -2.01. The SMILES string of the molecule is O=[N+]([O-])c1cc(F)cc(NCc2cccc(O)c2O)c1. The lowest BCUT2D eigenvalue weighted by atomic mass is 10.2. The molecule has 0 aliphatic carbocycles. The first-order chi connectivity index (χ1) is 9.47. The monoisotopic (exact) mass is 278 g/mol. The molecule has 0 heterocycles. The molecule has 20 heavy (non-hydrogen) atoms. The lowest BCUT2D eigenvalue weighted by molar-refractivity contribution is -0.385. The van der Waals surface area contributed by atoms with Gasteiger partial charge in [-0.2, -0.15) is 0 Å². The van der Waals surface area contributed by atoms with E-state index in [2.05, 4.69) is 5.32 Å². The number of non-ortho nitro benzene ring substituents is 1. The minimum absolute atomic E-state index is 0.0842. The van der Waals surface area contributed by atoms with Gasteiger partial charge in [0, 0.05) is 23.9 Å². The van der Waals surface area contributed by atoms with E-state index in [1.807, 2.05) is 0 Å². The molecule has 6 nitrogen and oxygen atoms in total. The Bertz CT molecular complexity index is 661. The van der Waals surface area contributed by atoms with Crippen molar-refractivity contribution in [3.05, 3.63) is 57.9 Å². The van der Waals surface area contributed by atoms with Crippen LogP contribution in [0.1, 0.15) is 5.56 Å². The molecule has 104 valence electrons. The molecule has 0 bridgehead atoms. The fourth-order valence-corrected chi connectivity index (χ4v) is 1.70. The van der Waals surface area contributed by atoms with Crippen molar-refractivity contribution in [3.8, 4) is 11.5 Å². The van der Waals surface area contributed by atoms with Crippen LogP contribution in [0.15, 0.2) is 36.4 Å². The maximum atomic E-state index is 13.2. The molecule has 0 unspecified atom stereocenters. The van der Waals surface area contributed by atoms with Gasteiger partial charge in [0.1, 0.15) is 5.82 Å². The van der Waals surface area contributed by atoms with Crippen LogP contribution in [0.25, 0.3) is 0 Å². The second-order valence-corrected chi connectivity index (χ2v) is 4.09. The topological polar surface area (TPSA) is 95.6 Å². The third kappa shape index (κ3) is 2.94. The van der Waals surface area contributed by atoms with Crippen LogP contribution in [0.4, 0.5) is 15.8 Å². The molecule has 0 saturated carbocycles. The molecule has 2 rings (SSSR count). The first kappa shape index (κ1) is 13.6. The van der Waals surface area contributed by atoms with Crippen molar-refractivity contribution in [1.82, 2.24) is 0 Å². The Morgan fingerprint density at radius 3 is 2.70 bits per heavy atom. The third-order valence-corrected chi connectivity index (χ3v) is 2.67. The second kappa shape index (κ2) is 5.43. The number of nitrogens with zero attached hydrogens (tertiary/aromatic N) is 1. The van der Waals surface area contributed by atoms with Crippen molar-refractivity contribution in [2.24, 2.45) is 0 Å². The summed E-state index contributed by atoms with van der Waals surface area (Å²) in [6.07, 6.45) is 0. The van der Waals surface area contributed by atoms with Gasteiger partial charge in [0.05, 0.1) is 11.0 Å². The summed E-state index contributed by atoms with van der Waals surface area (Å²) in [4.78, 5) is 9.92. The Morgan fingerprint density at radius 1 is 1.25 bits per heavy atom. The number of rotatable bonds is 4. The highest BCUT2D eigenvalue weighted by Gasteiger charge is 2.11. The zero-order valence-corrected chi connectivity index (χ0v) is 10.2. The zero-order chi connectivity index (χ0) is 14.7. The van der Waals surface area contributed by atoms with Crippen LogP contribution in [0, 0.1) is 15.9 Å². The molecule has 0 aliphatic heterocycles. The largest absolute Gasteiger partial charge is 0.504 e. The summed E-state index contributed by atoms with van der Waals surface area (Å²) in [5.74, 6) is -1.29. The Labute approximate surface area is 113 Å². The molecule has 0 radical (unpaired) electrons. The fraction of sp³-hybridized carbons (Fsp3) is 0.0769. The van der Waals surface area contributed by atoms with Gasteiger partial charge in [-0.3, -0.25) is 10.1 Å². The van der Waals surface area contributed by atoms with E-state index in [1.54, 1.807) is 12.1 Å². The predicted octanol–water partition coefficient (Wildman–Crippen LogP) is 2.76. The van der Waals surface area contributed by atoms with E-state index in [9.17, 15) is 24.7 Å². The van der Waals surface area contributed by atoms with Crippen LogP contribution in [0.2, 0.25) is 0 Å². The molecule has 0 aliphatic rings. The van der Waals surface area contributed by atoms with Gasteiger partial charge in [-0.05, 0) is 12.1 Å². The first-order valence-electron chi connectivity index (χ1n) is 5.66. The number of benzene rings is 2. The molecule has 0 spiro atoms. The van der Waals surface area contributed by atoms with Crippen LogP contribution in [-0.4, -0.2) is 15.1 Å². The number of phenols is 2. The summed E-state index contributed by atoms with van der Waals surface area (Å²) >= 11 is 0. The van der Waals surface area contributed by atoms with Crippen molar-refractivity contribution < 1.29 is 19.5 Å². The number of hydrogen-bond acceptors (Lipinski definition) is 5. The first-order valence-corrected chi connectivity index (χ1v) is 5.66. The van der Waals surface area contributed by atoms with Crippen molar-refractivity contribution in [3.63, 3.8) is 0 Å². The molecular weight excluding hydrogens is 267 g/mol. The molecule has 0 amide bonds. The van der Waals surface area contributed by atoms with E-state index in [1.165, 1.54) is 12.1 Å². The quantitative estimate of drug-likeness (QED) is 0.454. The minimum atomic E-state index is -0.734. The number of nitro benzene ring substituents is 1. The summed E-state index contributed by atoms with van der Waals surface area (Å²) < 4.78 is 13.2. The van der Waals surface area contributed by atoms with Crippen molar-refractivity contribution >= 4 is 11.4 Å². The highest BCUT2D eigenvalue weighted by atomic mass is 19.1. The average Bonchev–Trinajstić information content (AvgIpc) is 2.40. The Hall–Kier alpha value is -2.83. The molecule has 3 N–H and O–H groups in total. The number of aromatic hydroxyl groups is 2. The Balaban J connectivity index is 2.19. The number of hydrogen-bond donors (Lipinski definition) is 3. The average molecular weight is 278 g/mol. The van der Waals surface area contributed by atoms with Gasteiger partial charge in [-0.1, -0.05) is 12.1 Å². The summed E-state index contributed by atoms with van der Waals surface area (Å²) in [6.45, 7) is 0.0842. The van der Waals surface area contributed by atoms with Crippen LogP contribution >= 0.6 is 0 Å². The van der Waals surface area contributed by atoms with Crippen LogP contribution in [-0.2, 0) is 6.54 Å². The minimum Gasteiger partial charge on any atom is -0.504 e. The summed E-state index contributed by atoms with van der Waals surface area (Å²) in [6, 6.07) is 7.54. The van der Waals surface area contributed by atoms with Gasteiger partial charge >= 0.3 is 0 Å². The molecule has 7 heteroatoms. The summed E-state index contributed by atoms with van der Waals surface area (Å²) in [7, 11) is 0. The highest BCUT2D eigenvalue weighted by Crippen LogP contribution is 2.29. The summed E-state index contributed by atoms with van der Waals surface area (Å²) in [5.41, 5.74) is 0.226. The second-order valence-electron chi connectivity index (χ2n) is 4.09. The predicted molar refractivity (Wildman–Crippen MR) is 70.2 cm³/mol. The van der Waals surface area contributed by atoms with Gasteiger partial charge in [-0.15, -0.1) is 0 Å². The summed E-state index contributed by atoms with van der Waals surface area (Å²) in [5, 5.41) is 32.3. The molecule has 0 fully saturated rings. The van der Waals surface area contributed by atoms with E-state index in [0.717, 1.165) is 12.1 Å². The van der Waals surface area contributed by atoms with Crippen LogP contribution in [0.5, 0.6) is 11.5 Å². The number of para-hydroxylation sites is 1. The van der Waals surface area contributed by atoms with Crippen LogP contribution < -0.4 is 5.32 Å². The molecular formula is C13H11FN2O4. The van der Waals surface area contributed by atoms with Crippen molar-refractivity contribution in [2.75, 3.05) is 5.32 Å². The van der Waals surface area contributed by atoms with E-state index in [4.69, 9.17) is 0 Å². The third-order valence-electron chi connectivity index (χ3n) is 2.67. The van der Waals surface area contributed by atoms with E-state index < -0.39 is 10.7 Å². The van der Waals surface area contributed by atoms with E-state index in [0.29, 0.717) is 5.56 Å². The Morgan fingerprint density at radius 2 is 2.00 bits per heavy atom. The number of anilines is 1. The lowest BCUT2D eigenvalue weighted by Gasteiger charge is -2.09. The van der Waals surface area contributed by atoms with Gasteiger partial charge in [0.25, 0.3) is 5.69 Å². The highest BCUT2D eigenvalue weighted by molar-refractivity contribution is 5.53. The van der Waals surface area contributed by atoms with Crippen LogP contribution in [0.3, 0.4) is 0 Å². The number of nitro groups is 1. The van der Waals surface area contributed by atoms with E-state index >= 15 is 0 Å². The Kier molecular flexibility index (Phi) is 3.69. The fourth-order valence-electron chi connectivity index (χ4n) is 1.70. The number of halogens is 1.